The van der Waals surface area contributed by atoms with Crippen molar-refractivity contribution in [2.45, 2.75) is 33.6 Å². The van der Waals surface area contributed by atoms with E-state index in [-0.39, 0.29) is 11.2 Å². The number of Topliss-reactive ketones (excluding diaryl/α,β-unsaturated/α-hetero) is 1. The van der Waals surface area contributed by atoms with Gasteiger partial charge in [-0.25, -0.2) is 0 Å². The van der Waals surface area contributed by atoms with Crippen LogP contribution in [-0.4, -0.2) is 10.4 Å². The summed E-state index contributed by atoms with van der Waals surface area (Å²) in [7, 11) is 0. The average Bonchev–Trinajstić information content (AvgIpc) is 2.65. The third-order valence-electron chi connectivity index (χ3n) is 4.02. The minimum Gasteiger partial charge on any atom is -0.316 e. The minimum atomic E-state index is -0.00549. The number of hydrogen-bond acceptors (Lipinski definition) is 1. The maximum Gasteiger partial charge on any atom is 0.165 e. The number of carbonyl (C=O) groups is 1. The molecular weight excluding hydrogens is 350 g/mol. The van der Waals surface area contributed by atoms with Gasteiger partial charge in [0.05, 0.1) is 10.7 Å². The summed E-state index contributed by atoms with van der Waals surface area (Å²) in [5.41, 5.74) is 3.91. The highest BCUT2D eigenvalue weighted by Gasteiger charge is 2.34. The quantitative estimate of drug-likeness (QED) is 0.666. The Hall–Kier alpha value is -1.06. The summed E-state index contributed by atoms with van der Waals surface area (Å²) in [6.45, 7) is 6.31. The van der Waals surface area contributed by atoms with E-state index in [0.29, 0.717) is 11.4 Å². The molecule has 1 heterocycles. The van der Waals surface area contributed by atoms with Crippen LogP contribution in [0, 0.1) is 12.3 Å². The molecule has 2 aromatic rings. The molecule has 2 nitrogen and oxygen atoms in total. The van der Waals surface area contributed by atoms with Crippen LogP contribution in [0.25, 0.3) is 5.69 Å². The predicted molar refractivity (Wildman–Crippen MR) is 89.6 cm³/mol. The van der Waals surface area contributed by atoms with Crippen LogP contribution in [0.5, 0.6) is 0 Å². The van der Waals surface area contributed by atoms with Crippen molar-refractivity contribution < 1.29 is 4.79 Å². The minimum absolute atomic E-state index is 0.00549. The summed E-state index contributed by atoms with van der Waals surface area (Å²) in [6.07, 6.45) is 1.49. The highest BCUT2D eigenvalue weighted by molar-refractivity contribution is 9.10. The molecule has 0 atom stereocenters. The van der Waals surface area contributed by atoms with Crippen molar-refractivity contribution >= 4 is 33.3 Å². The summed E-state index contributed by atoms with van der Waals surface area (Å²) < 4.78 is 3.08. The first-order chi connectivity index (χ1) is 9.78. The van der Waals surface area contributed by atoms with Gasteiger partial charge in [0.2, 0.25) is 0 Å². The first-order valence-corrected chi connectivity index (χ1v) is 8.15. The number of carbonyl (C=O) groups excluding carboxylic acids is 1. The van der Waals surface area contributed by atoms with Gasteiger partial charge in [0.15, 0.2) is 5.78 Å². The van der Waals surface area contributed by atoms with Gasteiger partial charge in [-0.3, -0.25) is 4.79 Å². The van der Waals surface area contributed by atoms with Crippen molar-refractivity contribution in [3.63, 3.8) is 0 Å². The molecule has 1 aliphatic rings. The Balaban J connectivity index is 2.23. The molecule has 1 aromatic carbocycles. The number of aromatic nitrogens is 1. The number of ketones is 1. The number of hydrogen-bond donors (Lipinski definition) is 0. The van der Waals surface area contributed by atoms with E-state index < -0.39 is 0 Å². The molecule has 1 aliphatic carbocycles. The van der Waals surface area contributed by atoms with Crippen molar-refractivity contribution in [2.75, 3.05) is 0 Å². The van der Waals surface area contributed by atoms with Gasteiger partial charge in [0, 0.05) is 27.8 Å². The summed E-state index contributed by atoms with van der Waals surface area (Å²) >= 11 is 9.84. The summed E-state index contributed by atoms with van der Waals surface area (Å²) in [4.78, 5) is 12.4. The summed E-state index contributed by atoms with van der Waals surface area (Å²) in [5.74, 6) is 0.233. The molecule has 0 saturated carbocycles. The summed E-state index contributed by atoms with van der Waals surface area (Å²) in [6, 6.07) is 7.85. The van der Waals surface area contributed by atoms with E-state index in [9.17, 15) is 4.79 Å². The number of fused-ring (bicyclic) bond motifs is 1. The van der Waals surface area contributed by atoms with Crippen molar-refractivity contribution in [1.29, 1.82) is 0 Å². The van der Waals surface area contributed by atoms with Gasteiger partial charge in [0.25, 0.3) is 0 Å². The van der Waals surface area contributed by atoms with Gasteiger partial charge in [0.1, 0.15) is 0 Å². The molecule has 0 amide bonds. The summed E-state index contributed by atoms with van der Waals surface area (Å²) in [5, 5.41) is 0.682. The maximum atomic E-state index is 12.4. The molecule has 1 aromatic heterocycles. The van der Waals surface area contributed by atoms with Gasteiger partial charge in [-0.2, -0.15) is 0 Å². The van der Waals surface area contributed by atoms with Crippen LogP contribution in [0.4, 0.5) is 0 Å². The zero-order valence-corrected chi connectivity index (χ0v) is 14.7. The van der Waals surface area contributed by atoms with E-state index in [2.05, 4.69) is 34.3 Å². The lowest BCUT2D eigenvalue weighted by Gasteiger charge is -2.30. The van der Waals surface area contributed by atoms with Crippen LogP contribution in [0.3, 0.4) is 0 Å². The Morgan fingerprint density at radius 2 is 1.95 bits per heavy atom. The molecule has 0 spiro atoms. The fourth-order valence-electron chi connectivity index (χ4n) is 3.15. The van der Waals surface area contributed by atoms with Gasteiger partial charge in [-0.1, -0.05) is 41.4 Å². The molecule has 0 unspecified atom stereocenters. The third-order valence-corrected chi connectivity index (χ3v) is 4.82. The van der Waals surface area contributed by atoms with Gasteiger partial charge in [-0.15, -0.1) is 0 Å². The molecule has 0 radical (unpaired) electrons. The van der Waals surface area contributed by atoms with E-state index >= 15 is 0 Å². The lowest BCUT2D eigenvalue weighted by atomic mass is 9.76. The normalized spacial score (nSPS) is 16.9. The smallest absolute Gasteiger partial charge is 0.165 e. The second-order valence-corrected chi connectivity index (χ2v) is 7.84. The fourth-order valence-corrected chi connectivity index (χ4v) is 3.91. The van der Waals surface area contributed by atoms with Crippen LogP contribution in [0.1, 0.15) is 42.0 Å². The number of rotatable bonds is 1. The Bertz CT molecular complexity index is 745. The Morgan fingerprint density at radius 1 is 1.24 bits per heavy atom. The van der Waals surface area contributed by atoms with Crippen molar-refractivity contribution in [2.24, 2.45) is 5.41 Å². The topological polar surface area (TPSA) is 22.0 Å². The SMILES string of the molecule is Cc1cc2c(n1-c1ccc(Br)cc1Cl)CC(C)(C)CC2=O. The third kappa shape index (κ3) is 2.58. The number of aryl methyl sites for hydroxylation is 1. The first kappa shape index (κ1) is 14.9. The number of nitrogens with zero attached hydrogens (tertiary/aromatic N) is 1. The Labute approximate surface area is 138 Å². The molecule has 3 rings (SSSR count). The van der Waals surface area contributed by atoms with Gasteiger partial charge >= 0.3 is 0 Å². The van der Waals surface area contributed by atoms with Crippen LogP contribution >= 0.6 is 27.5 Å². The largest absolute Gasteiger partial charge is 0.316 e. The maximum absolute atomic E-state index is 12.4. The lowest BCUT2D eigenvalue weighted by molar-refractivity contribution is 0.0911. The second kappa shape index (κ2) is 4.99. The molecule has 0 N–H and O–H groups in total. The molecule has 4 heteroatoms. The molecular formula is C17H17BrClNO. The van der Waals surface area contributed by atoms with Crippen LogP contribution in [-0.2, 0) is 6.42 Å². The highest BCUT2D eigenvalue weighted by atomic mass is 79.9. The van der Waals surface area contributed by atoms with Crippen LogP contribution in [0.2, 0.25) is 5.02 Å². The van der Waals surface area contributed by atoms with E-state index in [0.717, 1.165) is 33.5 Å². The number of benzene rings is 1. The Kier molecular flexibility index (Phi) is 3.53. The average molecular weight is 367 g/mol. The van der Waals surface area contributed by atoms with E-state index in [1.165, 1.54) is 0 Å². The van der Waals surface area contributed by atoms with Crippen molar-refractivity contribution in [3.05, 3.63) is 50.7 Å². The molecule has 0 saturated heterocycles. The van der Waals surface area contributed by atoms with Gasteiger partial charge < -0.3 is 4.57 Å². The molecule has 0 aliphatic heterocycles. The van der Waals surface area contributed by atoms with E-state index in [1.807, 2.05) is 31.2 Å². The molecule has 0 bridgehead atoms. The Morgan fingerprint density at radius 3 is 2.62 bits per heavy atom. The standard InChI is InChI=1S/C17H17BrClNO/c1-10-6-12-15(8-17(2,3)9-16(12)21)20(10)14-5-4-11(18)7-13(14)19/h4-7H,8-9H2,1-3H3. The van der Waals surface area contributed by atoms with Crippen molar-refractivity contribution in [3.8, 4) is 5.69 Å². The fraction of sp³-hybridized carbons (Fsp3) is 0.353. The molecule has 110 valence electrons. The lowest BCUT2D eigenvalue weighted by Crippen LogP contribution is -2.27. The second-order valence-electron chi connectivity index (χ2n) is 6.52. The predicted octanol–water partition coefficient (Wildman–Crippen LogP) is 5.36. The number of halogens is 2. The van der Waals surface area contributed by atoms with E-state index in [4.69, 9.17) is 11.6 Å². The monoisotopic (exact) mass is 365 g/mol. The van der Waals surface area contributed by atoms with Crippen LogP contribution in [0.15, 0.2) is 28.7 Å². The molecule has 21 heavy (non-hydrogen) atoms. The first-order valence-electron chi connectivity index (χ1n) is 6.98. The zero-order valence-electron chi connectivity index (χ0n) is 12.3. The molecule has 0 fully saturated rings. The highest BCUT2D eigenvalue weighted by Crippen LogP contribution is 2.38. The zero-order chi connectivity index (χ0) is 15.4. The van der Waals surface area contributed by atoms with Gasteiger partial charge in [-0.05, 0) is 43.0 Å². The van der Waals surface area contributed by atoms with Crippen LogP contribution < -0.4 is 0 Å². The van der Waals surface area contributed by atoms with Crippen molar-refractivity contribution in [1.82, 2.24) is 4.57 Å². The van der Waals surface area contributed by atoms with E-state index in [1.54, 1.807) is 0 Å².